The summed E-state index contributed by atoms with van der Waals surface area (Å²) in [6.07, 6.45) is 1.13. The highest BCUT2D eigenvalue weighted by Gasteiger charge is 2.19. The van der Waals surface area contributed by atoms with Gasteiger partial charge in [-0.2, -0.15) is 0 Å². The van der Waals surface area contributed by atoms with Crippen LogP contribution in [0.2, 0.25) is 0 Å². The number of hydrogen-bond acceptors (Lipinski definition) is 3. The van der Waals surface area contributed by atoms with Gasteiger partial charge in [0.05, 0.1) is 6.04 Å². The zero-order valence-corrected chi connectivity index (χ0v) is 12.2. The van der Waals surface area contributed by atoms with Crippen LogP contribution >= 0.6 is 0 Å². The van der Waals surface area contributed by atoms with Crippen LogP contribution in [0.15, 0.2) is 0 Å². The van der Waals surface area contributed by atoms with E-state index < -0.39 is 6.04 Å². The highest BCUT2D eigenvalue weighted by atomic mass is 16.2. The maximum absolute atomic E-state index is 11.6. The van der Waals surface area contributed by atoms with E-state index in [-0.39, 0.29) is 29.7 Å². The number of nitrogens with one attached hydrogen (secondary N) is 2. The lowest BCUT2D eigenvalue weighted by molar-refractivity contribution is -0.124. The lowest BCUT2D eigenvalue weighted by Crippen LogP contribution is -2.46. The van der Waals surface area contributed by atoms with Crippen molar-refractivity contribution in [2.75, 3.05) is 6.54 Å². The smallest absolute Gasteiger partial charge is 0.237 e. The topological polar surface area (TPSA) is 84.2 Å². The Morgan fingerprint density at radius 3 is 2.28 bits per heavy atom. The molecule has 0 aromatic heterocycles. The van der Waals surface area contributed by atoms with Crippen LogP contribution in [0.4, 0.5) is 0 Å². The summed E-state index contributed by atoms with van der Waals surface area (Å²) in [4.78, 5) is 23.1. The number of rotatable bonds is 6. The fourth-order valence-electron chi connectivity index (χ4n) is 1.41. The Morgan fingerprint density at radius 2 is 1.83 bits per heavy atom. The van der Waals surface area contributed by atoms with Crippen molar-refractivity contribution in [3.63, 3.8) is 0 Å². The molecule has 0 aliphatic rings. The van der Waals surface area contributed by atoms with E-state index in [1.165, 1.54) is 0 Å². The Balaban J connectivity index is 3.91. The third kappa shape index (κ3) is 7.27. The summed E-state index contributed by atoms with van der Waals surface area (Å²) >= 11 is 0. The summed E-state index contributed by atoms with van der Waals surface area (Å²) in [5.74, 6) is -0.110. The van der Waals surface area contributed by atoms with Crippen LogP contribution in [-0.2, 0) is 9.59 Å². The van der Waals surface area contributed by atoms with Gasteiger partial charge in [0.1, 0.15) is 0 Å². The van der Waals surface area contributed by atoms with Crippen molar-refractivity contribution in [1.82, 2.24) is 10.6 Å². The first-order valence-corrected chi connectivity index (χ1v) is 6.51. The third-order valence-corrected chi connectivity index (χ3v) is 2.73. The van der Waals surface area contributed by atoms with Gasteiger partial charge in [-0.15, -0.1) is 0 Å². The van der Waals surface area contributed by atoms with Gasteiger partial charge < -0.3 is 16.4 Å². The van der Waals surface area contributed by atoms with Crippen molar-refractivity contribution in [2.45, 2.75) is 59.0 Å². The molecule has 0 heterocycles. The molecule has 0 aromatic carbocycles. The monoisotopic (exact) mass is 257 g/mol. The molecule has 4 N–H and O–H groups in total. The number of hydrogen-bond donors (Lipinski definition) is 3. The van der Waals surface area contributed by atoms with Crippen LogP contribution in [0.25, 0.3) is 0 Å². The molecule has 5 heteroatoms. The van der Waals surface area contributed by atoms with Crippen molar-refractivity contribution in [3.05, 3.63) is 0 Å². The van der Waals surface area contributed by atoms with E-state index in [0.29, 0.717) is 6.54 Å². The highest BCUT2D eigenvalue weighted by molar-refractivity contribution is 5.82. The molecule has 0 aliphatic carbocycles. The van der Waals surface area contributed by atoms with Gasteiger partial charge in [0.2, 0.25) is 11.8 Å². The summed E-state index contributed by atoms with van der Waals surface area (Å²) < 4.78 is 0. The Morgan fingerprint density at radius 1 is 1.28 bits per heavy atom. The van der Waals surface area contributed by atoms with Gasteiger partial charge >= 0.3 is 0 Å². The first-order chi connectivity index (χ1) is 8.17. The minimum absolute atomic E-state index is 0.0695. The molecule has 0 unspecified atom stereocenters. The van der Waals surface area contributed by atoms with Crippen LogP contribution < -0.4 is 16.4 Å². The molecular weight excluding hydrogens is 230 g/mol. The summed E-state index contributed by atoms with van der Waals surface area (Å²) in [6.45, 7) is 10.0. The SMILES string of the molecule is CC[C@H](C)[C@H](N)C(=O)NCCC(=O)NC(C)(C)C. The normalized spacial score (nSPS) is 14.8. The zero-order chi connectivity index (χ0) is 14.3. The van der Waals surface area contributed by atoms with Gasteiger partial charge in [0.25, 0.3) is 0 Å². The molecule has 106 valence electrons. The Bertz CT molecular complexity index is 284. The molecule has 0 radical (unpaired) electrons. The van der Waals surface area contributed by atoms with Crippen molar-refractivity contribution < 1.29 is 9.59 Å². The molecule has 2 atom stereocenters. The molecule has 5 nitrogen and oxygen atoms in total. The number of carbonyl (C=O) groups excluding carboxylic acids is 2. The van der Waals surface area contributed by atoms with E-state index in [2.05, 4.69) is 10.6 Å². The maximum atomic E-state index is 11.6. The Kier molecular flexibility index (Phi) is 6.91. The molecule has 0 bridgehead atoms. The molecular formula is C13H27N3O2. The molecule has 0 saturated heterocycles. The lowest BCUT2D eigenvalue weighted by atomic mass is 9.99. The van der Waals surface area contributed by atoms with E-state index in [1.54, 1.807) is 0 Å². The molecule has 0 aliphatic heterocycles. The maximum Gasteiger partial charge on any atom is 0.237 e. The van der Waals surface area contributed by atoms with Gasteiger partial charge in [0.15, 0.2) is 0 Å². The molecule has 0 fully saturated rings. The van der Waals surface area contributed by atoms with Gasteiger partial charge in [-0.05, 0) is 26.7 Å². The average molecular weight is 257 g/mol. The second kappa shape index (κ2) is 7.36. The van der Waals surface area contributed by atoms with Gasteiger partial charge in [-0.1, -0.05) is 20.3 Å². The first-order valence-electron chi connectivity index (χ1n) is 6.51. The molecule has 2 amide bonds. The molecule has 0 saturated carbocycles. The van der Waals surface area contributed by atoms with Gasteiger partial charge in [-0.25, -0.2) is 0 Å². The van der Waals surface area contributed by atoms with Crippen LogP contribution in [0, 0.1) is 5.92 Å². The van der Waals surface area contributed by atoms with Gasteiger partial charge in [-0.3, -0.25) is 9.59 Å². The van der Waals surface area contributed by atoms with Crippen LogP contribution in [0.1, 0.15) is 47.5 Å². The van der Waals surface area contributed by atoms with Gasteiger partial charge in [0, 0.05) is 18.5 Å². The highest BCUT2D eigenvalue weighted by Crippen LogP contribution is 2.05. The zero-order valence-electron chi connectivity index (χ0n) is 12.2. The van der Waals surface area contributed by atoms with Crippen molar-refractivity contribution in [2.24, 2.45) is 11.7 Å². The second-order valence-electron chi connectivity index (χ2n) is 5.75. The minimum atomic E-state index is -0.499. The quantitative estimate of drug-likeness (QED) is 0.657. The van der Waals surface area contributed by atoms with Crippen LogP contribution in [-0.4, -0.2) is 29.9 Å². The van der Waals surface area contributed by atoms with E-state index in [1.807, 2.05) is 34.6 Å². The molecule has 18 heavy (non-hydrogen) atoms. The van der Waals surface area contributed by atoms with Crippen molar-refractivity contribution >= 4 is 11.8 Å². The summed E-state index contributed by atoms with van der Waals surface area (Å²) in [5.41, 5.74) is 5.54. The third-order valence-electron chi connectivity index (χ3n) is 2.73. The van der Waals surface area contributed by atoms with Crippen molar-refractivity contribution in [3.8, 4) is 0 Å². The predicted molar refractivity (Wildman–Crippen MR) is 73.0 cm³/mol. The standard InChI is InChI=1S/C13H27N3O2/c1-6-9(2)11(14)12(18)15-8-7-10(17)16-13(3,4)5/h9,11H,6-8,14H2,1-5H3,(H,15,18)(H,16,17)/t9-,11-/m0/s1. The van der Waals surface area contributed by atoms with E-state index >= 15 is 0 Å². The number of carbonyl (C=O) groups is 2. The van der Waals surface area contributed by atoms with E-state index in [9.17, 15) is 9.59 Å². The minimum Gasteiger partial charge on any atom is -0.354 e. The molecule has 0 aromatic rings. The Labute approximate surface area is 110 Å². The molecule has 0 spiro atoms. The largest absolute Gasteiger partial charge is 0.354 e. The summed E-state index contributed by atoms with van der Waals surface area (Å²) in [7, 11) is 0. The van der Waals surface area contributed by atoms with Crippen LogP contribution in [0.5, 0.6) is 0 Å². The van der Waals surface area contributed by atoms with E-state index in [0.717, 1.165) is 6.42 Å². The number of amides is 2. The lowest BCUT2D eigenvalue weighted by Gasteiger charge is -2.21. The predicted octanol–water partition coefficient (Wildman–Crippen LogP) is 0.781. The fourth-order valence-corrected chi connectivity index (χ4v) is 1.41. The fraction of sp³-hybridized carbons (Fsp3) is 0.846. The van der Waals surface area contributed by atoms with Crippen LogP contribution in [0.3, 0.4) is 0 Å². The number of nitrogens with two attached hydrogens (primary N) is 1. The second-order valence-corrected chi connectivity index (χ2v) is 5.75. The summed E-state index contributed by atoms with van der Waals surface area (Å²) in [5, 5.41) is 5.52. The van der Waals surface area contributed by atoms with Crippen molar-refractivity contribution in [1.29, 1.82) is 0 Å². The Hall–Kier alpha value is -1.10. The first kappa shape index (κ1) is 16.9. The van der Waals surface area contributed by atoms with E-state index in [4.69, 9.17) is 5.73 Å². The average Bonchev–Trinajstić information content (AvgIpc) is 2.24. The molecule has 0 rings (SSSR count). The summed E-state index contributed by atoms with van der Waals surface area (Å²) in [6, 6.07) is -0.499.